The number of para-hydroxylation sites is 1. The molecule has 0 aromatic heterocycles. The normalized spacial score (nSPS) is 21.6. The first-order valence-corrected chi connectivity index (χ1v) is 16.3. The van der Waals surface area contributed by atoms with E-state index in [0.29, 0.717) is 45.8 Å². The zero-order chi connectivity index (χ0) is 35.2. The molecule has 0 unspecified atom stereocenters. The molecule has 4 aromatic carbocycles. The Hall–Kier alpha value is -6.17. The number of carbonyl (C=O) groups excluding carboxylic acids is 3. The van der Waals surface area contributed by atoms with Crippen molar-refractivity contribution in [2.75, 3.05) is 41.3 Å². The Balaban J connectivity index is 1.04. The number of esters is 1. The van der Waals surface area contributed by atoms with Gasteiger partial charge in [0.15, 0.2) is 35.4 Å². The quantitative estimate of drug-likeness (QED) is 0.183. The number of hydrogen-bond acceptors (Lipinski definition) is 11. The van der Waals surface area contributed by atoms with Crippen LogP contribution in [0.4, 0.5) is 0 Å². The Morgan fingerprint density at radius 3 is 2.24 bits per heavy atom. The number of nitrogens with one attached hydrogen (secondary N) is 1. The van der Waals surface area contributed by atoms with Crippen molar-refractivity contribution in [3.05, 3.63) is 106 Å². The van der Waals surface area contributed by atoms with Crippen LogP contribution in [0.5, 0.6) is 40.2 Å². The number of hydrogen-bond donors (Lipinski definition) is 1. The van der Waals surface area contributed by atoms with E-state index in [1.165, 1.54) is 21.3 Å². The maximum atomic E-state index is 13.5. The Kier molecular flexibility index (Phi) is 8.13. The van der Waals surface area contributed by atoms with Crippen molar-refractivity contribution in [3.63, 3.8) is 0 Å². The zero-order valence-electron chi connectivity index (χ0n) is 27.9. The fourth-order valence-corrected chi connectivity index (χ4v) is 7.34. The summed E-state index contributed by atoms with van der Waals surface area (Å²) in [6, 6.07) is 20.8. The monoisotopic (exact) mass is 691 g/mol. The lowest BCUT2D eigenvalue weighted by atomic mass is 9.65. The van der Waals surface area contributed by atoms with Crippen molar-refractivity contribution in [1.82, 2.24) is 5.32 Å². The lowest BCUT2D eigenvalue weighted by molar-refractivity contribution is -0.141. The van der Waals surface area contributed by atoms with Crippen molar-refractivity contribution in [1.29, 1.82) is 0 Å². The molecule has 1 fully saturated rings. The number of Topliss-reactive ketones (excluding diaryl/α,β-unsaturated/α-hetero) is 1. The number of amides is 1. The molecule has 1 aliphatic carbocycles. The van der Waals surface area contributed by atoms with Gasteiger partial charge >= 0.3 is 5.97 Å². The van der Waals surface area contributed by atoms with E-state index in [1.54, 1.807) is 48.5 Å². The number of fused-ring (bicyclic) bond motifs is 4. The highest BCUT2D eigenvalue weighted by atomic mass is 16.7. The number of cyclic esters (lactones) is 1. The van der Waals surface area contributed by atoms with Gasteiger partial charge in [0.25, 0.3) is 5.91 Å². The molecule has 0 spiro atoms. The van der Waals surface area contributed by atoms with Gasteiger partial charge in [-0.1, -0.05) is 24.3 Å². The highest BCUT2D eigenvalue weighted by molar-refractivity contribution is 6.14. The second-order valence-corrected chi connectivity index (χ2v) is 12.4. The summed E-state index contributed by atoms with van der Waals surface area (Å²) >= 11 is 0. The van der Waals surface area contributed by atoms with E-state index < -0.39 is 23.8 Å². The summed E-state index contributed by atoms with van der Waals surface area (Å²) in [4.78, 5) is 39.7. The molecule has 0 radical (unpaired) electrons. The van der Waals surface area contributed by atoms with E-state index in [0.717, 1.165) is 22.3 Å². The summed E-state index contributed by atoms with van der Waals surface area (Å²) in [5.41, 5.74) is 3.56. The van der Waals surface area contributed by atoms with E-state index in [1.807, 2.05) is 30.3 Å². The average Bonchev–Trinajstić information content (AvgIpc) is 3.86. The van der Waals surface area contributed by atoms with Gasteiger partial charge in [0.1, 0.15) is 11.5 Å². The van der Waals surface area contributed by atoms with Gasteiger partial charge in [-0.15, -0.1) is 0 Å². The molecule has 260 valence electrons. The minimum atomic E-state index is -0.642. The number of rotatable bonds is 9. The Bertz CT molecular complexity index is 2060. The molecule has 4 aromatic rings. The third-order valence-corrected chi connectivity index (χ3v) is 9.67. The van der Waals surface area contributed by atoms with Gasteiger partial charge in [-0.25, -0.2) is 0 Å². The van der Waals surface area contributed by atoms with E-state index >= 15 is 0 Å². The average molecular weight is 692 g/mol. The number of ketones is 1. The minimum Gasteiger partial charge on any atom is -0.493 e. The number of benzene rings is 4. The first-order chi connectivity index (χ1) is 24.9. The molecule has 1 saturated heterocycles. The number of methoxy groups -OCH3 is 3. The SMILES string of the molecule is COc1cc([C@@H]2c3cc4c(cc3[C@@H](NC(=O)COc3ccc(/C=C5\Oc6ccccc6C5=O)cc3)[C@H]3COC(=O)[C@H]23)OCO4)cc(OC)c1OC. The molecule has 1 N–H and O–H groups in total. The Morgan fingerprint density at radius 1 is 0.843 bits per heavy atom. The van der Waals surface area contributed by atoms with Crippen molar-refractivity contribution in [2.45, 2.75) is 12.0 Å². The van der Waals surface area contributed by atoms with Crippen LogP contribution in [0.3, 0.4) is 0 Å². The fraction of sp³-hybridized carbons (Fsp3) is 0.256. The van der Waals surface area contributed by atoms with Crippen LogP contribution in [0, 0.1) is 11.8 Å². The van der Waals surface area contributed by atoms with E-state index in [-0.39, 0.29) is 43.4 Å². The van der Waals surface area contributed by atoms with Crippen LogP contribution in [0.1, 0.15) is 44.6 Å². The van der Waals surface area contributed by atoms with Gasteiger partial charge in [-0.05, 0) is 76.9 Å². The summed E-state index contributed by atoms with van der Waals surface area (Å²) in [5, 5.41) is 3.11. The van der Waals surface area contributed by atoms with Crippen molar-refractivity contribution < 1.29 is 52.3 Å². The van der Waals surface area contributed by atoms with Crippen LogP contribution < -0.4 is 38.5 Å². The van der Waals surface area contributed by atoms with Crippen molar-refractivity contribution in [2.24, 2.45) is 11.8 Å². The third-order valence-electron chi connectivity index (χ3n) is 9.67. The summed E-state index contributed by atoms with van der Waals surface area (Å²) in [7, 11) is 4.60. The standard InChI is InChI=1S/C39H33NO11/c1-44-31-13-21(14-32(45-2)38(31)46-3)34-24-15-28-29(50-19-49-28)16-25(24)36(26-17-48-39(43)35(26)34)40-33(41)18-47-22-10-8-20(9-11-22)12-30-37(42)23-6-4-5-7-27(23)51-30/h4-16,26,34-36H,17-19H2,1-3H3,(H,40,41)/b30-12-/t26-,34+,35-,36+/m0/s1. The molecular weight excluding hydrogens is 658 g/mol. The van der Waals surface area contributed by atoms with Crippen LogP contribution in [0.2, 0.25) is 0 Å². The van der Waals surface area contributed by atoms with Gasteiger partial charge in [-0.3, -0.25) is 14.4 Å². The smallest absolute Gasteiger partial charge is 0.310 e. The maximum absolute atomic E-state index is 13.5. The molecule has 4 atom stereocenters. The van der Waals surface area contributed by atoms with E-state index in [9.17, 15) is 14.4 Å². The molecule has 1 amide bonds. The second kappa shape index (κ2) is 12.9. The molecular formula is C39H33NO11. The van der Waals surface area contributed by atoms with Crippen LogP contribution in [-0.2, 0) is 14.3 Å². The Morgan fingerprint density at radius 2 is 1.55 bits per heavy atom. The molecule has 3 heterocycles. The largest absolute Gasteiger partial charge is 0.493 e. The molecule has 8 rings (SSSR count). The predicted octanol–water partition coefficient (Wildman–Crippen LogP) is 5.23. The maximum Gasteiger partial charge on any atom is 0.310 e. The second-order valence-electron chi connectivity index (χ2n) is 12.4. The number of carbonyl (C=O) groups is 3. The van der Waals surface area contributed by atoms with E-state index in [4.69, 9.17) is 37.9 Å². The Labute approximate surface area is 292 Å². The summed E-state index contributed by atoms with van der Waals surface area (Å²) in [6.07, 6.45) is 1.66. The highest BCUT2D eigenvalue weighted by Crippen LogP contribution is 2.55. The van der Waals surface area contributed by atoms with Gasteiger partial charge in [-0.2, -0.15) is 0 Å². The minimum absolute atomic E-state index is 0.0553. The summed E-state index contributed by atoms with van der Waals surface area (Å²) in [5.74, 6) is 1.15. The molecule has 12 heteroatoms. The molecule has 3 aliphatic heterocycles. The molecule has 12 nitrogen and oxygen atoms in total. The van der Waals surface area contributed by atoms with E-state index in [2.05, 4.69) is 5.32 Å². The van der Waals surface area contributed by atoms with Gasteiger partial charge < -0.3 is 43.2 Å². The molecule has 0 saturated carbocycles. The van der Waals surface area contributed by atoms with Crippen LogP contribution in [0.25, 0.3) is 6.08 Å². The van der Waals surface area contributed by atoms with Crippen molar-refractivity contribution >= 4 is 23.7 Å². The zero-order valence-corrected chi connectivity index (χ0v) is 27.9. The molecule has 0 bridgehead atoms. The molecule has 51 heavy (non-hydrogen) atoms. The lowest BCUT2D eigenvalue weighted by Crippen LogP contribution is -2.44. The summed E-state index contributed by atoms with van der Waals surface area (Å²) in [6.45, 7) is -0.117. The number of ether oxygens (including phenoxy) is 8. The lowest BCUT2D eigenvalue weighted by Gasteiger charge is -2.39. The molecule has 4 aliphatic rings. The summed E-state index contributed by atoms with van der Waals surface area (Å²) < 4.78 is 45.5. The van der Waals surface area contributed by atoms with Crippen LogP contribution in [0.15, 0.2) is 78.6 Å². The first-order valence-electron chi connectivity index (χ1n) is 16.3. The highest BCUT2D eigenvalue weighted by Gasteiger charge is 2.53. The fourth-order valence-electron chi connectivity index (χ4n) is 7.34. The van der Waals surface area contributed by atoms with Gasteiger partial charge in [0.05, 0.1) is 45.5 Å². The number of allylic oxidation sites excluding steroid dienone is 1. The topological polar surface area (TPSA) is 137 Å². The first kappa shape index (κ1) is 32.1. The van der Waals surface area contributed by atoms with Crippen LogP contribution in [-0.4, -0.2) is 59.0 Å². The van der Waals surface area contributed by atoms with Gasteiger partial charge in [0.2, 0.25) is 18.3 Å². The van der Waals surface area contributed by atoms with Gasteiger partial charge in [0, 0.05) is 11.8 Å². The third kappa shape index (κ3) is 5.62. The predicted molar refractivity (Wildman–Crippen MR) is 181 cm³/mol. The van der Waals surface area contributed by atoms with Crippen LogP contribution >= 0.6 is 0 Å². The van der Waals surface area contributed by atoms with Crippen molar-refractivity contribution in [3.8, 4) is 40.2 Å².